The van der Waals surface area contributed by atoms with E-state index in [-0.39, 0.29) is 56.1 Å². The Balaban J connectivity index is 3.36. The van der Waals surface area contributed by atoms with Crippen LogP contribution < -0.4 is 0 Å². The first kappa shape index (κ1) is 22.6. The molecule has 0 radical (unpaired) electrons. The lowest BCUT2D eigenvalue weighted by molar-refractivity contribution is 0.0761. The topological polar surface area (TPSA) is 122 Å². The summed E-state index contributed by atoms with van der Waals surface area (Å²) in [6.07, 6.45) is 0. The molecule has 0 bridgehead atoms. The maximum Gasteiger partial charge on any atom is 0.253 e. The molecule has 0 heterocycles. The van der Waals surface area contributed by atoms with Crippen LogP contribution in [0.2, 0.25) is 0 Å². The summed E-state index contributed by atoms with van der Waals surface area (Å²) in [6.45, 7) is -0.333. The summed E-state index contributed by atoms with van der Waals surface area (Å²) >= 11 is 0. The molecule has 9 heteroatoms. The molecule has 0 saturated heterocycles. The summed E-state index contributed by atoms with van der Waals surface area (Å²) in [6, 6.07) is 4.15. The van der Waals surface area contributed by atoms with Crippen molar-refractivity contribution in [2.75, 3.05) is 60.6 Å². The first-order chi connectivity index (χ1) is 12.8. The molecular formula is C18H27N3O6. The van der Waals surface area contributed by atoms with Gasteiger partial charge in [0.25, 0.3) is 17.7 Å². The predicted octanol–water partition coefficient (Wildman–Crippen LogP) is -1.12. The van der Waals surface area contributed by atoms with Crippen LogP contribution >= 0.6 is 0 Å². The molecule has 1 aromatic carbocycles. The Labute approximate surface area is 158 Å². The van der Waals surface area contributed by atoms with Gasteiger partial charge >= 0.3 is 0 Å². The minimum absolute atomic E-state index is 0.106. The standard InChI is InChI=1S/C18H27N3O6/c1-19(4-7-22)16(25)13-10-14(17(26)20(2)5-8-23)12-15(11-13)18(27)21(3)6-9-24/h10-12,22-24H,4-9H2,1-3H3. The van der Waals surface area contributed by atoms with Gasteiger partial charge in [-0.15, -0.1) is 0 Å². The summed E-state index contributed by atoms with van der Waals surface area (Å²) in [5, 5.41) is 27.1. The Morgan fingerprint density at radius 3 is 1.04 bits per heavy atom. The van der Waals surface area contributed by atoms with Gasteiger partial charge < -0.3 is 30.0 Å². The average Bonchev–Trinajstić information content (AvgIpc) is 2.66. The Morgan fingerprint density at radius 1 is 0.630 bits per heavy atom. The first-order valence-corrected chi connectivity index (χ1v) is 8.50. The number of nitrogens with zero attached hydrogens (tertiary/aromatic N) is 3. The summed E-state index contributed by atoms with van der Waals surface area (Å²) in [4.78, 5) is 41.5. The Kier molecular flexibility index (Phi) is 8.86. The van der Waals surface area contributed by atoms with Crippen molar-refractivity contribution in [1.29, 1.82) is 0 Å². The molecular weight excluding hydrogens is 354 g/mol. The minimum Gasteiger partial charge on any atom is -0.395 e. The van der Waals surface area contributed by atoms with Crippen LogP contribution in [0.15, 0.2) is 18.2 Å². The lowest BCUT2D eigenvalue weighted by Crippen LogP contribution is -2.33. The molecule has 0 fully saturated rings. The molecule has 0 aromatic heterocycles. The second-order valence-corrected chi connectivity index (χ2v) is 6.15. The molecule has 0 spiro atoms. The molecule has 9 nitrogen and oxygen atoms in total. The largest absolute Gasteiger partial charge is 0.395 e. The molecule has 150 valence electrons. The van der Waals surface area contributed by atoms with E-state index >= 15 is 0 Å². The number of hydrogen-bond acceptors (Lipinski definition) is 6. The van der Waals surface area contributed by atoms with Gasteiger partial charge in [-0.05, 0) is 18.2 Å². The zero-order chi connectivity index (χ0) is 20.6. The third kappa shape index (κ3) is 6.02. The van der Waals surface area contributed by atoms with E-state index in [1.165, 1.54) is 54.0 Å². The highest BCUT2D eigenvalue weighted by atomic mass is 16.3. The highest BCUT2D eigenvalue weighted by Gasteiger charge is 2.21. The lowest BCUT2D eigenvalue weighted by atomic mass is 10.0. The molecule has 3 N–H and O–H groups in total. The number of carbonyl (C=O) groups excluding carboxylic acids is 3. The Bertz CT molecular complexity index is 576. The predicted molar refractivity (Wildman–Crippen MR) is 98.6 cm³/mol. The van der Waals surface area contributed by atoms with Crippen molar-refractivity contribution in [2.24, 2.45) is 0 Å². The van der Waals surface area contributed by atoms with Crippen LogP contribution in [0.25, 0.3) is 0 Å². The van der Waals surface area contributed by atoms with E-state index in [0.717, 1.165) is 0 Å². The van der Waals surface area contributed by atoms with E-state index in [2.05, 4.69) is 0 Å². The zero-order valence-electron chi connectivity index (χ0n) is 15.9. The van der Waals surface area contributed by atoms with Gasteiger partial charge in [0.15, 0.2) is 0 Å². The van der Waals surface area contributed by atoms with Gasteiger partial charge in [-0.2, -0.15) is 0 Å². The van der Waals surface area contributed by atoms with Crippen LogP contribution in [0.1, 0.15) is 31.1 Å². The highest BCUT2D eigenvalue weighted by Crippen LogP contribution is 2.16. The van der Waals surface area contributed by atoms with Crippen molar-refractivity contribution in [3.05, 3.63) is 34.9 Å². The second-order valence-electron chi connectivity index (χ2n) is 6.15. The number of aliphatic hydroxyl groups excluding tert-OH is 3. The van der Waals surface area contributed by atoms with Crippen LogP contribution in [-0.2, 0) is 0 Å². The first-order valence-electron chi connectivity index (χ1n) is 8.50. The minimum atomic E-state index is -0.442. The van der Waals surface area contributed by atoms with E-state index in [9.17, 15) is 14.4 Å². The zero-order valence-corrected chi connectivity index (χ0v) is 15.9. The highest BCUT2D eigenvalue weighted by molar-refractivity contribution is 6.04. The number of benzene rings is 1. The number of aliphatic hydroxyl groups is 3. The van der Waals surface area contributed by atoms with E-state index in [1.807, 2.05) is 0 Å². The maximum atomic E-state index is 12.6. The molecule has 0 saturated carbocycles. The fourth-order valence-electron chi connectivity index (χ4n) is 2.41. The molecule has 0 unspecified atom stereocenters. The smallest absolute Gasteiger partial charge is 0.253 e. The lowest BCUT2D eigenvalue weighted by Gasteiger charge is -2.21. The van der Waals surface area contributed by atoms with Gasteiger partial charge in [0.1, 0.15) is 0 Å². The van der Waals surface area contributed by atoms with E-state index in [0.29, 0.717) is 0 Å². The SMILES string of the molecule is CN(CCO)C(=O)c1cc(C(=O)N(C)CCO)cc(C(=O)N(C)CCO)c1. The van der Waals surface area contributed by atoms with Crippen molar-refractivity contribution in [3.8, 4) is 0 Å². The number of amides is 3. The second kappa shape index (κ2) is 10.6. The van der Waals surface area contributed by atoms with E-state index in [4.69, 9.17) is 15.3 Å². The van der Waals surface area contributed by atoms with Crippen molar-refractivity contribution in [3.63, 3.8) is 0 Å². The van der Waals surface area contributed by atoms with Crippen molar-refractivity contribution in [2.45, 2.75) is 0 Å². The molecule has 0 aliphatic heterocycles. The van der Waals surface area contributed by atoms with Crippen LogP contribution in [0.4, 0.5) is 0 Å². The average molecular weight is 381 g/mol. The Morgan fingerprint density at radius 2 is 0.852 bits per heavy atom. The van der Waals surface area contributed by atoms with Crippen molar-refractivity contribution >= 4 is 17.7 Å². The molecule has 0 atom stereocenters. The van der Waals surface area contributed by atoms with Crippen LogP contribution in [0.3, 0.4) is 0 Å². The van der Waals surface area contributed by atoms with Crippen molar-refractivity contribution in [1.82, 2.24) is 14.7 Å². The van der Waals surface area contributed by atoms with Gasteiger partial charge in [0.05, 0.1) is 19.8 Å². The van der Waals surface area contributed by atoms with Gasteiger partial charge in [0, 0.05) is 57.5 Å². The molecule has 0 aliphatic carbocycles. The van der Waals surface area contributed by atoms with Crippen LogP contribution in [-0.4, -0.2) is 108 Å². The maximum absolute atomic E-state index is 12.6. The molecule has 1 rings (SSSR count). The summed E-state index contributed by atoms with van der Waals surface area (Å²) < 4.78 is 0. The van der Waals surface area contributed by atoms with Gasteiger partial charge in [-0.25, -0.2) is 0 Å². The normalized spacial score (nSPS) is 10.4. The van der Waals surface area contributed by atoms with Crippen LogP contribution in [0, 0.1) is 0 Å². The monoisotopic (exact) mass is 381 g/mol. The molecule has 0 aliphatic rings. The molecule has 3 amide bonds. The fourth-order valence-corrected chi connectivity index (χ4v) is 2.41. The third-order valence-corrected chi connectivity index (χ3v) is 4.02. The number of rotatable bonds is 9. The molecule has 27 heavy (non-hydrogen) atoms. The van der Waals surface area contributed by atoms with Crippen LogP contribution in [0.5, 0.6) is 0 Å². The number of likely N-dealkylation sites (N-methyl/N-ethyl adjacent to an activating group) is 3. The fraction of sp³-hybridized carbons (Fsp3) is 0.500. The van der Waals surface area contributed by atoms with Gasteiger partial charge in [-0.1, -0.05) is 0 Å². The number of carbonyl (C=O) groups is 3. The molecule has 1 aromatic rings. The summed E-state index contributed by atoms with van der Waals surface area (Å²) in [7, 11) is 4.51. The summed E-state index contributed by atoms with van der Waals surface area (Å²) in [5.41, 5.74) is 0.403. The Hall–Kier alpha value is -2.49. The third-order valence-electron chi connectivity index (χ3n) is 4.02. The van der Waals surface area contributed by atoms with Gasteiger partial charge in [0.2, 0.25) is 0 Å². The summed E-state index contributed by atoms with van der Waals surface area (Å²) in [5.74, 6) is -1.33. The van der Waals surface area contributed by atoms with Gasteiger partial charge in [-0.3, -0.25) is 14.4 Å². The quantitative estimate of drug-likeness (QED) is 0.498. The van der Waals surface area contributed by atoms with E-state index in [1.54, 1.807) is 0 Å². The van der Waals surface area contributed by atoms with Crippen molar-refractivity contribution < 1.29 is 29.7 Å². The van der Waals surface area contributed by atoms with E-state index < -0.39 is 17.7 Å². The number of hydrogen-bond donors (Lipinski definition) is 3.